The second-order valence-electron chi connectivity index (χ2n) is 8.94. The summed E-state index contributed by atoms with van der Waals surface area (Å²) in [6, 6.07) is 7.27. The SMILES string of the molecule is CC(C)C1(F)CCc2nc3c(F)cc(C(=O)N[C@H](CCO)c4ccc(Cl)nc4)cc3cc2C1. The number of rotatable bonds is 6. The Bertz CT molecular complexity index is 1190. The third-order valence-corrected chi connectivity index (χ3v) is 6.70. The summed E-state index contributed by atoms with van der Waals surface area (Å²) in [6.07, 6.45) is 2.83. The van der Waals surface area contributed by atoms with Crippen LogP contribution in [0.25, 0.3) is 10.9 Å². The van der Waals surface area contributed by atoms with E-state index < -0.39 is 23.4 Å². The van der Waals surface area contributed by atoms with Crippen LogP contribution in [0.1, 0.15) is 59.9 Å². The van der Waals surface area contributed by atoms with Crippen LogP contribution in [0.4, 0.5) is 8.78 Å². The summed E-state index contributed by atoms with van der Waals surface area (Å²) in [5.74, 6) is -1.24. The van der Waals surface area contributed by atoms with E-state index in [-0.39, 0.29) is 36.4 Å². The summed E-state index contributed by atoms with van der Waals surface area (Å²) in [7, 11) is 0. The summed E-state index contributed by atoms with van der Waals surface area (Å²) in [6.45, 7) is 3.57. The van der Waals surface area contributed by atoms with E-state index in [0.29, 0.717) is 34.6 Å². The van der Waals surface area contributed by atoms with Crippen LogP contribution < -0.4 is 5.32 Å². The van der Waals surface area contributed by atoms with Crippen LogP contribution in [0.3, 0.4) is 0 Å². The van der Waals surface area contributed by atoms with Gasteiger partial charge < -0.3 is 10.4 Å². The van der Waals surface area contributed by atoms with Gasteiger partial charge in [-0.25, -0.2) is 18.7 Å². The van der Waals surface area contributed by atoms with Gasteiger partial charge in [0.15, 0.2) is 0 Å². The smallest absolute Gasteiger partial charge is 0.251 e. The van der Waals surface area contributed by atoms with E-state index in [1.165, 1.54) is 6.20 Å². The highest BCUT2D eigenvalue weighted by molar-refractivity contribution is 6.29. The van der Waals surface area contributed by atoms with Gasteiger partial charge >= 0.3 is 0 Å². The highest BCUT2D eigenvalue weighted by atomic mass is 35.5. The fourth-order valence-corrected chi connectivity index (χ4v) is 4.45. The number of aliphatic hydroxyl groups excluding tert-OH is 1. The highest BCUT2D eigenvalue weighted by Crippen LogP contribution is 2.38. The lowest BCUT2D eigenvalue weighted by molar-refractivity contribution is 0.0821. The summed E-state index contributed by atoms with van der Waals surface area (Å²) < 4.78 is 30.2. The predicted molar refractivity (Wildman–Crippen MR) is 124 cm³/mol. The molecule has 0 spiro atoms. The second-order valence-corrected chi connectivity index (χ2v) is 9.33. The van der Waals surface area contributed by atoms with E-state index in [0.717, 1.165) is 11.6 Å². The molecule has 2 heterocycles. The maximum Gasteiger partial charge on any atom is 0.251 e. The van der Waals surface area contributed by atoms with Crippen LogP contribution in [0.2, 0.25) is 5.15 Å². The molecule has 2 N–H and O–H groups in total. The van der Waals surface area contributed by atoms with E-state index in [1.54, 1.807) is 24.3 Å². The molecule has 0 fully saturated rings. The standard InChI is InChI=1S/C25H26ClF2N3O2/c1-14(2)25(28)7-5-20-18(12-25)10-16-9-17(11-19(27)23(16)30-20)24(33)31-21(6-8-32)15-3-4-22(26)29-13-15/h3-4,9-11,13-14,21,32H,5-8,12H2,1-2H3,(H,31,33)/t21-,25?/m1/s1. The first-order chi connectivity index (χ1) is 15.7. The van der Waals surface area contributed by atoms with Gasteiger partial charge in [0.1, 0.15) is 22.2 Å². The molecule has 0 aliphatic heterocycles. The van der Waals surface area contributed by atoms with Crippen LogP contribution in [0.15, 0.2) is 36.5 Å². The lowest BCUT2D eigenvalue weighted by atomic mass is 9.77. The maximum absolute atomic E-state index is 15.3. The van der Waals surface area contributed by atoms with E-state index in [2.05, 4.69) is 15.3 Å². The van der Waals surface area contributed by atoms with Crippen LogP contribution in [0.5, 0.6) is 0 Å². The molecule has 3 aromatic rings. The molecule has 1 aromatic carbocycles. The number of nitrogens with one attached hydrogen (secondary N) is 1. The highest BCUT2D eigenvalue weighted by Gasteiger charge is 2.38. The Balaban J connectivity index is 1.65. The van der Waals surface area contributed by atoms with Gasteiger partial charge in [-0.05, 0) is 60.6 Å². The summed E-state index contributed by atoms with van der Waals surface area (Å²) in [5, 5.41) is 13.0. The summed E-state index contributed by atoms with van der Waals surface area (Å²) >= 11 is 5.83. The number of fused-ring (bicyclic) bond motifs is 2. The quantitative estimate of drug-likeness (QED) is 0.487. The normalized spacial score (nSPS) is 18.9. The predicted octanol–water partition coefficient (Wildman–Crippen LogP) is 5.13. The minimum absolute atomic E-state index is 0.123. The zero-order valence-corrected chi connectivity index (χ0v) is 19.3. The first-order valence-corrected chi connectivity index (χ1v) is 11.4. The number of aromatic nitrogens is 2. The number of amides is 1. The Morgan fingerprint density at radius 3 is 2.76 bits per heavy atom. The number of benzene rings is 1. The van der Waals surface area contributed by atoms with E-state index in [4.69, 9.17) is 11.6 Å². The molecular weight excluding hydrogens is 448 g/mol. The molecule has 1 amide bonds. The van der Waals surface area contributed by atoms with Crippen molar-refractivity contribution in [2.75, 3.05) is 6.61 Å². The number of alkyl halides is 1. The summed E-state index contributed by atoms with van der Waals surface area (Å²) in [4.78, 5) is 21.4. The molecule has 8 heteroatoms. The molecule has 0 saturated carbocycles. The Morgan fingerprint density at radius 1 is 1.30 bits per heavy atom. The number of aliphatic hydroxyl groups is 1. The first kappa shape index (κ1) is 23.5. The third kappa shape index (κ3) is 4.84. The topological polar surface area (TPSA) is 75.1 Å². The van der Waals surface area contributed by atoms with Crippen molar-refractivity contribution in [3.63, 3.8) is 0 Å². The molecule has 2 aromatic heterocycles. The molecule has 1 aliphatic carbocycles. The number of carbonyl (C=O) groups is 1. The molecule has 174 valence electrons. The Hall–Kier alpha value is -2.64. The molecular formula is C25H26ClF2N3O2. The molecule has 33 heavy (non-hydrogen) atoms. The first-order valence-electron chi connectivity index (χ1n) is 11.0. The molecule has 0 saturated heterocycles. The van der Waals surface area contributed by atoms with Crippen LogP contribution in [0, 0.1) is 11.7 Å². The largest absolute Gasteiger partial charge is 0.396 e. The van der Waals surface area contributed by atoms with Gasteiger partial charge in [-0.2, -0.15) is 0 Å². The Morgan fingerprint density at radius 2 is 2.09 bits per heavy atom. The molecule has 0 bridgehead atoms. The van der Waals surface area contributed by atoms with Gasteiger partial charge in [-0.15, -0.1) is 0 Å². The molecule has 1 unspecified atom stereocenters. The number of pyridine rings is 2. The van der Waals surface area contributed by atoms with E-state index >= 15 is 4.39 Å². The van der Waals surface area contributed by atoms with Crippen molar-refractivity contribution in [3.05, 3.63) is 69.9 Å². The fourth-order valence-electron chi connectivity index (χ4n) is 4.34. The Kier molecular flexibility index (Phi) is 6.64. The number of hydrogen-bond acceptors (Lipinski definition) is 4. The second kappa shape index (κ2) is 9.31. The van der Waals surface area contributed by atoms with Gasteiger partial charge in [0, 0.05) is 35.9 Å². The number of carbonyl (C=O) groups excluding carboxylic acids is 1. The molecule has 4 rings (SSSR count). The molecule has 2 atom stereocenters. The monoisotopic (exact) mass is 473 g/mol. The van der Waals surface area contributed by atoms with Crippen LogP contribution in [-0.4, -0.2) is 33.3 Å². The van der Waals surface area contributed by atoms with Crippen LogP contribution >= 0.6 is 11.6 Å². The number of nitrogens with zero attached hydrogens (tertiary/aromatic N) is 2. The minimum Gasteiger partial charge on any atom is -0.396 e. The molecule has 1 aliphatic rings. The van der Waals surface area contributed by atoms with E-state index in [1.807, 2.05) is 13.8 Å². The third-order valence-electron chi connectivity index (χ3n) is 6.47. The van der Waals surface area contributed by atoms with Crippen molar-refractivity contribution in [1.29, 1.82) is 0 Å². The van der Waals surface area contributed by atoms with Gasteiger partial charge in [0.25, 0.3) is 5.91 Å². The van der Waals surface area contributed by atoms with E-state index in [9.17, 15) is 14.3 Å². The average Bonchev–Trinajstić information content (AvgIpc) is 2.78. The van der Waals surface area contributed by atoms with Crippen molar-refractivity contribution < 1.29 is 18.7 Å². The van der Waals surface area contributed by atoms with Gasteiger partial charge in [0.2, 0.25) is 0 Å². The Labute approximate surface area is 196 Å². The molecule has 0 radical (unpaired) electrons. The van der Waals surface area contributed by atoms with Crippen molar-refractivity contribution >= 4 is 28.4 Å². The lowest BCUT2D eigenvalue weighted by Gasteiger charge is -2.34. The van der Waals surface area contributed by atoms with Crippen molar-refractivity contribution in [2.24, 2.45) is 5.92 Å². The zero-order valence-electron chi connectivity index (χ0n) is 18.5. The number of hydrogen-bond donors (Lipinski definition) is 2. The van der Waals surface area contributed by atoms with Gasteiger partial charge in [-0.3, -0.25) is 4.79 Å². The van der Waals surface area contributed by atoms with Crippen molar-refractivity contribution in [1.82, 2.24) is 15.3 Å². The lowest BCUT2D eigenvalue weighted by Crippen LogP contribution is -2.36. The minimum atomic E-state index is -1.32. The fraction of sp³-hybridized carbons (Fsp3) is 0.400. The molecule has 5 nitrogen and oxygen atoms in total. The van der Waals surface area contributed by atoms with Crippen LogP contribution in [-0.2, 0) is 12.8 Å². The van der Waals surface area contributed by atoms with Gasteiger partial charge in [0.05, 0.1) is 6.04 Å². The maximum atomic E-state index is 15.3. The van der Waals surface area contributed by atoms with Gasteiger partial charge in [-0.1, -0.05) is 31.5 Å². The van der Waals surface area contributed by atoms with Crippen molar-refractivity contribution in [2.45, 2.75) is 51.2 Å². The summed E-state index contributed by atoms with van der Waals surface area (Å²) in [5.41, 5.74) is 1.12. The number of halogens is 3. The number of aryl methyl sites for hydroxylation is 1. The zero-order chi connectivity index (χ0) is 23.8. The van der Waals surface area contributed by atoms with Crippen molar-refractivity contribution in [3.8, 4) is 0 Å². The average molecular weight is 474 g/mol.